The molecule has 0 amide bonds. The van der Waals surface area contributed by atoms with Crippen LogP contribution in [0.4, 0.5) is 0 Å². The standard InChI is InChI=1S/C15H26N2/c1-10(2)11(3)9-17-12(4)8-13-14(16)6-5-7-15(13)17/h8,10-11,14H,5-7,9,16H2,1-4H3. The van der Waals surface area contributed by atoms with Crippen molar-refractivity contribution in [3.05, 3.63) is 23.0 Å². The third-order valence-electron chi connectivity index (χ3n) is 4.39. The van der Waals surface area contributed by atoms with Crippen LogP contribution >= 0.6 is 0 Å². The topological polar surface area (TPSA) is 30.9 Å². The summed E-state index contributed by atoms with van der Waals surface area (Å²) in [4.78, 5) is 0. The van der Waals surface area contributed by atoms with Gasteiger partial charge in [-0.05, 0) is 49.7 Å². The SMILES string of the molecule is Cc1cc2c(n1CC(C)C(C)C)CCCC2N. The second kappa shape index (κ2) is 4.85. The molecule has 1 aliphatic rings. The lowest BCUT2D eigenvalue weighted by Crippen LogP contribution is -2.21. The third-order valence-corrected chi connectivity index (χ3v) is 4.39. The van der Waals surface area contributed by atoms with Crippen molar-refractivity contribution in [2.75, 3.05) is 0 Å². The lowest BCUT2D eigenvalue weighted by atomic mass is 9.93. The van der Waals surface area contributed by atoms with Gasteiger partial charge in [0.25, 0.3) is 0 Å². The molecule has 1 heterocycles. The molecule has 0 aliphatic heterocycles. The van der Waals surface area contributed by atoms with Gasteiger partial charge in [-0.2, -0.15) is 0 Å². The predicted molar refractivity (Wildman–Crippen MR) is 73.0 cm³/mol. The van der Waals surface area contributed by atoms with Gasteiger partial charge in [-0.3, -0.25) is 0 Å². The number of nitrogens with zero attached hydrogens (tertiary/aromatic N) is 1. The highest BCUT2D eigenvalue weighted by atomic mass is 15.0. The number of aryl methyl sites for hydroxylation is 1. The summed E-state index contributed by atoms with van der Waals surface area (Å²) in [5.41, 5.74) is 10.5. The Kier molecular flexibility index (Phi) is 3.62. The Morgan fingerprint density at radius 1 is 1.41 bits per heavy atom. The molecule has 1 aromatic rings. The normalized spacial score (nSPS) is 21.6. The number of hydrogen-bond acceptors (Lipinski definition) is 1. The first-order valence-electron chi connectivity index (χ1n) is 6.95. The van der Waals surface area contributed by atoms with E-state index >= 15 is 0 Å². The summed E-state index contributed by atoms with van der Waals surface area (Å²) in [6.45, 7) is 10.3. The number of rotatable bonds is 3. The molecular weight excluding hydrogens is 208 g/mol. The molecular formula is C15H26N2. The number of nitrogens with two attached hydrogens (primary N) is 1. The van der Waals surface area contributed by atoms with Crippen LogP contribution in [0.2, 0.25) is 0 Å². The fraction of sp³-hybridized carbons (Fsp3) is 0.733. The Morgan fingerprint density at radius 3 is 2.76 bits per heavy atom. The maximum atomic E-state index is 6.21. The maximum Gasteiger partial charge on any atom is 0.0313 e. The molecule has 0 radical (unpaired) electrons. The molecule has 0 fully saturated rings. The van der Waals surface area contributed by atoms with Gasteiger partial charge in [0.15, 0.2) is 0 Å². The first kappa shape index (κ1) is 12.7. The van der Waals surface area contributed by atoms with E-state index in [1.165, 1.54) is 29.8 Å². The quantitative estimate of drug-likeness (QED) is 0.853. The molecule has 0 saturated heterocycles. The van der Waals surface area contributed by atoms with Crippen LogP contribution < -0.4 is 5.73 Å². The van der Waals surface area contributed by atoms with Crippen LogP contribution in [0.5, 0.6) is 0 Å². The monoisotopic (exact) mass is 234 g/mol. The predicted octanol–water partition coefficient (Wildman–Crippen LogP) is 3.42. The molecule has 1 aromatic heterocycles. The summed E-state index contributed by atoms with van der Waals surface area (Å²) in [7, 11) is 0. The van der Waals surface area contributed by atoms with Crippen molar-refractivity contribution >= 4 is 0 Å². The molecule has 2 nitrogen and oxygen atoms in total. The molecule has 0 bridgehead atoms. The van der Waals surface area contributed by atoms with E-state index in [-0.39, 0.29) is 6.04 Å². The zero-order valence-corrected chi connectivity index (χ0v) is 11.7. The van der Waals surface area contributed by atoms with Crippen LogP contribution in [0.1, 0.15) is 56.6 Å². The summed E-state index contributed by atoms with van der Waals surface area (Å²) < 4.78 is 2.51. The molecule has 17 heavy (non-hydrogen) atoms. The van der Waals surface area contributed by atoms with Gasteiger partial charge in [0, 0.05) is 24.0 Å². The molecule has 2 atom stereocenters. The zero-order valence-electron chi connectivity index (χ0n) is 11.7. The molecule has 0 spiro atoms. The highest BCUT2D eigenvalue weighted by Gasteiger charge is 2.23. The first-order chi connectivity index (χ1) is 8.00. The maximum absolute atomic E-state index is 6.21. The van der Waals surface area contributed by atoms with E-state index in [2.05, 4.69) is 38.3 Å². The zero-order chi connectivity index (χ0) is 12.6. The number of aromatic nitrogens is 1. The second-order valence-electron chi connectivity index (χ2n) is 6.02. The van der Waals surface area contributed by atoms with E-state index in [1.807, 2.05) is 0 Å². The molecule has 96 valence electrons. The van der Waals surface area contributed by atoms with Crippen molar-refractivity contribution in [3.8, 4) is 0 Å². The van der Waals surface area contributed by atoms with Crippen LogP contribution in [0.15, 0.2) is 6.07 Å². The summed E-state index contributed by atoms with van der Waals surface area (Å²) >= 11 is 0. The van der Waals surface area contributed by atoms with Crippen molar-refractivity contribution in [2.45, 2.75) is 59.5 Å². The van der Waals surface area contributed by atoms with E-state index < -0.39 is 0 Å². The Labute approximate surface area is 105 Å². The fourth-order valence-corrected chi connectivity index (χ4v) is 2.75. The Morgan fingerprint density at radius 2 is 2.12 bits per heavy atom. The second-order valence-corrected chi connectivity index (χ2v) is 6.02. The molecule has 0 saturated carbocycles. The minimum Gasteiger partial charge on any atom is -0.348 e. The fourth-order valence-electron chi connectivity index (χ4n) is 2.75. The number of hydrogen-bond donors (Lipinski definition) is 1. The average molecular weight is 234 g/mol. The first-order valence-corrected chi connectivity index (χ1v) is 6.95. The third kappa shape index (κ3) is 2.42. The van der Waals surface area contributed by atoms with Crippen molar-refractivity contribution < 1.29 is 0 Å². The van der Waals surface area contributed by atoms with E-state index in [0.717, 1.165) is 24.8 Å². The Hall–Kier alpha value is -0.760. The van der Waals surface area contributed by atoms with Crippen molar-refractivity contribution in [3.63, 3.8) is 0 Å². The Bertz CT molecular complexity index is 390. The lowest BCUT2D eigenvalue weighted by molar-refractivity contribution is 0.355. The van der Waals surface area contributed by atoms with E-state index in [4.69, 9.17) is 5.73 Å². The average Bonchev–Trinajstić information content (AvgIpc) is 2.58. The van der Waals surface area contributed by atoms with Gasteiger partial charge in [0.05, 0.1) is 0 Å². The van der Waals surface area contributed by atoms with Gasteiger partial charge < -0.3 is 10.3 Å². The summed E-state index contributed by atoms with van der Waals surface area (Å²) in [5, 5.41) is 0. The molecule has 1 aliphatic carbocycles. The highest BCUT2D eigenvalue weighted by molar-refractivity contribution is 5.32. The van der Waals surface area contributed by atoms with Crippen LogP contribution in [-0.4, -0.2) is 4.57 Å². The highest BCUT2D eigenvalue weighted by Crippen LogP contribution is 2.31. The van der Waals surface area contributed by atoms with Crippen molar-refractivity contribution in [1.82, 2.24) is 4.57 Å². The molecule has 2 N–H and O–H groups in total. The van der Waals surface area contributed by atoms with E-state index in [1.54, 1.807) is 0 Å². The van der Waals surface area contributed by atoms with Crippen molar-refractivity contribution in [1.29, 1.82) is 0 Å². The molecule has 0 aromatic carbocycles. The van der Waals surface area contributed by atoms with Crippen LogP contribution in [0.25, 0.3) is 0 Å². The van der Waals surface area contributed by atoms with Gasteiger partial charge in [0.2, 0.25) is 0 Å². The molecule has 2 unspecified atom stereocenters. The summed E-state index contributed by atoms with van der Waals surface area (Å²) in [6, 6.07) is 2.58. The minimum absolute atomic E-state index is 0.271. The van der Waals surface area contributed by atoms with Crippen LogP contribution in [0, 0.1) is 18.8 Å². The van der Waals surface area contributed by atoms with Crippen molar-refractivity contribution in [2.24, 2.45) is 17.6 Å². The smallest absolute Gasteiger partial charge is 0.0313 e. The van der Waals surface area contributed by atoms with E-state index in [0.29, 0.717) is 0 Å². The van der Waals surface area contributed by atoms with Gasteiger partial charge in [0.1, 0.15) is 0 Å². The summed E-state index contributed by atoms with van der Waals surface area (Å²) in [5.74, 6) is 1.47. The van der Waals surface area contributed by atoms with Gasteiger partial charge in [-0.15, -0.1) is 0 Å². The lowest BCUT2D eigenvalue weighted by Gasteiger charge is -2.24. The number of fused-ring (bicyclic) bond motifs is 1. The molecule has 2 rings (SSSR count). The van der Waals surface area contributed by atoms with Crippen LogP contribution in [-0.2, 0) is 13.0 Å². The van der Waals surface area contributed by atoms with Gasteiger partial charge >= 0.3 is 0 Å². The van der Waals surface area contributed by atoms with Crippen LogP contribution in [0.3, 0.4) is 0 Å². The minimum atomic E-state index is 0.271. The van der Waals surface area contributed by atoms with E-state index in [9.17, 15) is 0 Å². The largest absolute Gasteiger partial charge is 0.348 e. The summed E-state index contributed by atoms with van der Waals surface area (Å²) in [6.07, 6.45) is 3.60. The van der Waals surface area contributed by atoms with Gasteiger partial charge in [-0.1, -0.05) is 20.8 Å². The van der Waals surface area contributed by atoms with Gasteiger partial charge in [-0.25, -0.2) is 0 Å². The molecule has 2 heteroatoms. The Balaban J connectivity index is 2.28.